The van der Waals surface area contributed by atoms with Crippen LogP contribution >= 0.6 is 11.3 Å². The Kier molecular flexibility index (Phi) is 5.36. The monoisotopic (exact) mass is 260 g/mol. The second-order valence-corrected chi connectivity index (χ2v) is 5.51. The number of aryl methyl sites for hydroxylation is 2. The smallest absolute Gasteiger partial charge is 0.0897 e. The molecule has 0 fully saturated rings. The molecule has 1 aromatic carbocycles. The zero-order valence-corrected chi connectivity index (χ0v) is 11.7. The van der Waals surface area contributed by atoms with E-state index in [1.165, 1.54) is 17.7 Å². The Hall–Kier alpha value is -1.19. The lowest BCUT2D eigenvalue weighted by atomic mass is 10.1. The minimum Gasteiger partial charge on any atom is -0.316 e. The van der Waals surface area contributed by atoms with Gasteiger partial charge in [0.2, 0.25) is 0 Å². The van der Waals surface area contributed by atoms with Crippen LogP contribution in [0.3, 0.4) is 0 Å². The molecule has 0 saturated heterocycles. The van der Waals surface area contributed by atoms with Gasteiger partial charge in [-0.3, -0.25) is 0 Å². The minimum atomic E-state index is 1.03. The lowest BCUT2D eigenvalue weighted by molar-refractivity contribution is 0.644. The molecule has 2 aromatic rings. The number of thiazole rings is 1. The molecule has 0 radical (unpaired) electrons. The molecule has 1 heterocycles. The number of rotatable bonds is 7. The van der Waals surface area contributed by atoms with Crippen molar-refractivity contribution in [1.29, 1.82) is 0 Å². The second kappa shape index (κ2) is 7.29. The number of hydrogen-bond acceptors (Lipinski definition) is 3. The number of aromatic nitrogens is 1. The van der Waals surface area contributed by atoms with Crippen LogP contribution in [0.2, 0.25) is 0 Å². The minimum absolute atomic E-state index is 1.03. The van der Waals surface area contributed by atoms with Crippen LogP contribution in [0.4, 0.5) is 0 Å². The zero-order valence-electron chi connectivity index (χ0n) is 10.9. The van der Waals surface area contributed by atoms with E-state index in [2.05, 4.69) is 52.9 Å². The van der Waals surface area contributed by atoms with Crippen LogP contribution in [-0.4, -0.2) is 18.1 Å². The molecule has 0 aliphatic heterocycles. The van der Waals surface area contributed by atoms with Gasteiger partial charge in [-0.25, -0.2) is 4.98 Å². The molecule has 0 aliphatic rings. The molecule has 18 heavy (non-hydrogen) atoms. The molecule has 1 N–H and O–H groups in total. The quantitative estimate of drug-likeness (QED) is 0.773. The molecule has 3 heteroatoms. The van der Waals surface area contributed by atoms with Gasteiger partial charge in [-0.15, -0.1) is 11.3 Å². The Labute approximate surface area is 113 Å². The lowest BCUT2D eigenvalue weighted by Gasteiger charge is -2.03. The van der Waals surface area contributed by atoms with E-state index in [1.807, 2.05) is 0 Å². The normalized spacial score (nSPS) is 10.7. The van der Waals surface area contributed by atoms with E-state index in [4.69, 9.17) is 0 Å². The van der Waals surface area contributed by atoms with Crippen molar-refractivity contribution in [2.75, 3.05) is 13.1 Å². The van der Waals surface area contributed by atoms with E-state index >= 15 is 0 Å². The number of nitrogens with one attached hydrogen (secondary N) is 1. The van der Waals surface area contributed by atoms with Gasteiger partial charge in [0.05, 0.1) is 10.7 Å². The first-order valence-electron chi connectivity index (χ1n) is 6.50. The summed E-state index contributed by atoms with van der Waals surface area (Å²) in [6, 6.07) is 10.7. The topological polar surface area (TPSA) is 24.9 Å². The second-order valence-electron chi connectivity index (χ2n) is 4.45. The summed E-state index contributed by atoms with van der Waals surface area (Å²) in [5, 5.41) is 6.79. The molecular formula is C15H20N2S. The molecule has 0 saturated carbocycles. The van der Waals surface area contributed by atoms with Crippen molar-refractivity contribution in [3.63, 3.8) is 0 Å². The Morgan fingerprint density at radius 1 is 1.11 bits per heavy atom. The summed E-state index contributed by atoms with van der Waals surface area (Å²) < 4.78 is 0. The van der Waals surface area contributed by atoms with E-state index in [0.29, 0.717) is 0 Å². The summed E-state index contributed by atoms with van der Waals surface area (Å²) in [4.78, 5) is 4.45. The fourth-order valence-corrected chi connectivity index (χ4v) is 2.57. The van der Waals surface area contributed by atoms with Crippen LogP contribution in [0.15, 0.2) is 35.7 Å². The van der Waals surface area contributed by atoms with Crippen molar-refractivity contribution < 1.29 is 0 Å². The molecule has 0 unspecified atom stereocenters. The standard InChI is InChI=1S/C15H20N2S/c1-13-17-15(12-18-13)9-11-16-10-5-8-14-6-3-2-4-7-14/h2-4,6-7,12,16H,5,8-11H2,1H3. The van der Waals surface area contributed by atoms with Crippen LogP contribution in [0, 0.1) is 6.92 Å². The summed E-state index contributed by atoms with van der Waals surface area (Å²) in [5.41, 5.74) is 2.64. The van der Waals surface area contributed by atoms with E-state index in [1.54, 1.807) is 11.3 Å². The van der Waals surface area contributed by atoms with E-state index in [0.717, 1.165) is 30.9 Å². The lowest BCUT2D eigenvalue weighted by Crippen LogP contribution is -2.19. The number of benzene rings is 1. The Balaban J connectivity index is 1.54. The largest absolute Gasteiger partial charge is 0.316 e. The van der Waals surface area contributed by atoms with Crippen molar-refractivity contribution in [3.05, 3.63) is 52.0 Å². The first-order chi connectivity index (χ1) is 8.84. The summed E-state index contributed by atoms with van der Waals surface area (Å²) in [6.07, 6.45) is 3.39. The highest BCUT2D eigenvalue weighted by Gasteiger charge is 1.97. The maximum absolute atomic E-state index is 4.45. The van der Waals surface area contributed by atoms with E-state index in [-0.39, 0.29) is 0 Å². The summed E-state index contributed by atoms with van der Waals surface area (Å²) in [5.74, 6) is 0. The average Bonchev–Trinajstić information content (AvgIpc) is 2.81. The number of nitrogens with zero attached hydrogens (tertiary/aromatic N) is 1. The molecule has 0 amide bonds. The molecule has 96 valence electrons. The fourth-order valence-electron chi connectivity index (χ4n) is 1.93. The molecular weight excluding hydrogens is 240 g/mol. The van der Waals surface area contributed by atoms with Crippen LogP contribution in [0.5, 0.6) is 0 Å². The molecule has 1 aromatic heterocycles. The molecule has 0 bridgehead atoms. The summed E-state index contributed by atoms with van der Waals surface area (Å²) in [6.45, 7) is 4.16. The molecule has 2 nitrogen and oxygen atoms in total. The maximum Gasteiger partial charge on any atom is 0.0897 e. The van der Waals surface area contributed by atoms with Crippen molar-refractivity contribution >= 4 is 11.3 Å². The zero-order chi connectivity index (χ0) is 12.6. The van der Waals surface area contributed by atoms with E-state index < -0.39 is 0 Å². The third-order valence-electron chi connectivity index (χ3n) is 2.89. The van der Waals surface area contributed by atoms with Crippen LogP contribution in [-0.2, 0) is 12.8 Å². The summed E-state index contributed by atoms with van der Waals surface area (Å²) in [7, 11) is 0. The third-order valence-corrected chi connectivity index (χ3v) is 3.71. The number of hydrogen-bond donors (Lipinski definition) is 1. The van der Waals surface area contributed by atoms with Crippen molar-refractivity contribution in [1.82, 2.24) is 10.3 Å². The molecule has 0 spiro atoms. The van der Waals surface area contributed by atoms with Gasteiger partial charge in [0.25, 0.3) is 0 Å². The predicted octanol–water partition coefficient (Wildman–Crippen LogP) is 3.22. The van der Waals surface area contributed by atoms with Gasteiger partial charge >= 0.3 is 0 Å². The highest BCUT2D eigenvalue weighted by Crippen LogP contribution is 2.07. The molecule has 0 atom stereocenters. The van der Waals surface area contributed by atoms with Gasteiger partial charge in [-0.2, -0.15) is 0 Å². The maximum atomic E-state index is 4.45. The van der Waals surface area contributed by atoms with Crippen molar-refractivity contribution in [2.24, 2.45) is 0 Å². The van der Waals surface area contributed by atoms with Crippen molar-refractivity contribution in [3.8, 4) is 0 Å². The third kappa shape index (κ3) is 4.59. The average molecular weight is 260 g/mol. The van der Waals surface area contributed by atoms with Gasteiger partial charge in [0.15, 0.2) is 0 Å². The van der Waals surface area contributed by atoms with Gasteiger partial charge in [-0.05, 0) is 31.9 Å². The van der Waals surface area contributed by atoms with Gasteiger partial charge in [-0.1, -0.05) is 30.3 Å². The van der Waals surface area contributed by atoms with Crippen LogP contribution in [0.25, 0.3) is 0 Å². The van der Waals surface area contributed by atoms with Gasteiger partial charge in [0.1, 0.15) is 0 Å². The highest BCUT2D eigenvalue weighted by atomic mass is 32.1. The van der Waals surface area contributed by atoms with Crippen molar-refractivity contribution in [2.45, 2.75) is 26.2 Å². The Bertz CT molecular complexity index is 451. The Morgan fingerprint density at radius 2 is 1.94 bits per heavy atom. The van der Waals surface area contributed by atoms with Crippen LogP contribution in [0.1, 0.15) is 22.7 Å². The fraction of sp³-hybridized carbons (Fsp3) is 0.400. The molecule has 0 aliphatic carbocycles. The van der Waals surface area contributed by atoms with Gasteiger partial charge in [0, 0.05) is 18.3 Å². The molecule has 2 rings (SSSR count). The van der Waals surface area contributed by atoms with Crippen LogP contribution < -0.4 is 5.32 Å². The summed E-state index contributed by atoms with van der Waals surface area (Å²) >= 11 is 1.73. The predicted molar refractivity (Wildman–Crippen MR) is 78.2 cm³/mol. The van der Waals surface area contributed by atoms with E-state index in [9.17, 15) is 0 Å². The highest BCUT2D eigenvalue weighted by molar-refractivity contribution is 7.09. The SMILES string of the molecule is Cc1nc(CCNCCCc2ccccc2)cs1. The first-order valence-corrected chi connectivity index (χ1v) is 7.38. The first kappa shape index (κ1) is 13.2. The Morgan fingerprint density at radius 3 is 2.67 bits per heavy atom. The van der Waals surface area contributed by atoms with Gasteiger partial charge < -0.3 is 5.32 Å².